The predicted molar refractivity (Wildman–Crippen MR) is 81.2 cm³/mol. The molecule has 0 amide bonds. The second-order valence-electron chi connectivity index (χ2n) is 4.33. The molecule has 2 N–H and O–H groups in total. The zero-order valence-corrected chi connectivity index (χ0v) is 11.9. The molecule has 0 radical (unpaired) electrons. The summed E-state index contributed by atoms with van der Waals surface area (Å²) in [7, 11) is 0. The van der Waals surface area contributed by atoms with Gasteiger partial charge in [0.1, 0.15) is 6.04 Å². The van der Waals surface area contributed by atoms with E-state index in [1.54, 1.807) is 6.20 Å². The van der Waals surface area contributed by atoms with Gasteiger partial charge in [-0.1, -0.05) is 24.3 Å². The molecule has 4 nitrogen and oxygen atoms in total. The van der Waals surface area contributed by atoms with E-state index < -0.39 is 12.0 Å². The lowest BCUT2D eigenvalue weighted by atomic mass is 10.2. The van der Waals surface area contributed by atoms with Gasteiger partial charge in [-0.3, -0.25) is 0 Å². The highest BCUT2D eigenvalue weighted by Crippen LogP contribution is 2.19. The number of hydrogen-bond donors (Lipinski definition) is 2. The molecule has 0 unspecified atom stereocenters. The van der Waals surface area contributed by atoms with Crippen molar-refractivity contribution in [3.8, 4) is 0 Å². The average molecular weight is 288 g/mol. The van der Waals surface area contributed by atoms with Gasteiger partial charge in [-0.2, -0.15) is 0 Å². The van der Waals surface area contributed by atoms with E-state index in [0.29, 0.717) is 5.75 Å². The number of pyridine rings is 1. The first-order valence-corrected chi connectivity index (χ1v) is 7.24. The number of anilines is 1. The van der Waals surface area contributed by atoms with Crippen molar-refractivity contribution < 1.29 is 9.90 Å². The lowest BCUT2D eigenvalue weighted by Gasteiger charge is -2.16. The van der Waals surface area contributed by atoms with E-state index in [4.69, 9.17) is 0 Å². The van der Waals surface area contributed by atoms with Gasteiger partial charge in [0.05, 0.1) is 5.03 Å². The van der Waals surface area contributed by atoms with Crippen LogP contribution < -0.4 is 5.32 Å². The van der Waals surface area contributed by atoms with Gasteiger partial charge in [-0.15, -0.1) is 11.8 Å². The van der Waals surface area contributed by atoms with Crippen molar-refractivity contribution >= 4 is 23.4 Å². The van der Waals surface area contributed by atoms with Crippen molar-refractivity contribution in [2.24, 2.45) is 0 Å². The first-order chi connectivity index (χ1) is 9.66. The number of para-hydroxylation sites is 1. The Kier molecular flexibility index (Phi) is 5.01. The number of carboxylic acids is 1. The Morgan fingerprint density at radius 2 is 2.05 bits per heavy atom. The monoisotopic (exact) mass is 288 g/mol. The number of carbonyl (C=O) groups is 1. The van der Waals surface area contributed by atoms with E-state index in [2.05, 4.69) is 10.3 Å². The van der Waals surface area contributed by atoms with E-state index in [1.165, 1.54) is 11.8 Å². The summed E-state index contributed by atoms with van der Waals surface area (Å²) < 4.78 is 0. The number of aryl methyl sites for hydroxylation is 1. The minimum Gasteiger partial charge on any atom is -0.480 e. The highest BCUT2D eigenvalue weighted by molar-refractivity contribution is 7.99. The van der Waals surface area contributed by atoms with E-state index >= 15 is 0 Å². The minimum absolute atomic E-state index is 0.417. The van der Waals surface area contributed by atoms with Crippen LogP contribution in [0.1, 0.15) is 5.56 Å². The summed E-state index contributed by atoms with van der Waals surface area (Å²) in [6.07, 6.45) is 1.70. The number of nitrogens with zero attached hydrogens (tertiary/aromatic N) is 1. The van der Waals surface area contributed by atoms with Crippen LogP contribution in [0.2, 0.25) is 0 Å². The smallest absolute Gasteiger partial charge is 0.326 e. The molecule has 104 valence electrons. The third-order valence-corrected chi connectivity index (χ3v) is 3.85. The van der Waals surface area contributed by atoms with E-state index in [1.807, 2.05) is 49.4 Å². The fourth-order valence-electron chi connectivity index (χ4n) is 1.70. The van der Waals surface area contributed by atoms with E-state index in [-0.39, 0.29) is 0 Å². The Labute approximate surface area is 122 Å². The van der Waals surface area contributed by atoms with Gasteiger partial charge in [-0.25, -0.2) is 9.78 Å². The summed E-state index contributed by atoms with van der Waals surface area (Å²) in [4.78, 5) is 15.5. The van der Waals surface area contributed by atoms with Crippen molar-refractivity contribution in [3.05, 3.63) is 54.2 Å². The van der Waals surface area contributed by atoms with Crippen LogP contribution in [0, 0.1) is 6.92 Å². The second kappa shape index (κ2) is 6.96. The maximum atomic E-state index is 11.3. The number of rotatable bonds is 6. The Morgan fingerprint density at radius 1 is 1.30 bits per heavy atom. The second-order valence-corrected chi connectivity index (χ2v) is 5.37. The Bertz CT molecular complexity index is 575. The number of aliphatic carboxylic acids is 1. The molecule has 0 saturated heterocycles. The summed E-state index contributed by atoms with van der Waals surface area (Å²) in [5, 5.41) is 13.2. The first kappa shape index (κ1) is 14.4. The molecule has 0 saturated carbocycles. The fraction of sp³-hybridized carbons (Fsp3) is 0.200. The molecule has 2 rings (SSSR count). The van der Waals surface area contributed by atoms with Gasteiger partial charge in [-0.05, 0) is 30.7 Å². The van der Waals surface area contributed by atoms with Crippen LogP contribution in [0.3, 0.4) is 0 Å². The zero-order valence-electron chi connectivity index (χ0n) is 11.1. The summed E-state index contributed by atoms with van der Waals surface area (Å²) >= 11 is 1.43. The van der Waals surface area contributed by atoms with Crippen LogP contribution in [0.4, 0.5) is 5.69 Å². The van der Waals surface area contributed by atoms with Gasteiger partial charge < -0.3 is 10.4 Å². The maximum absolute atomic E-state index is 11.3. The van der Waals surface area contributed by atoms with Crippen LogP contribution >= 0.6 is 11.8 Å². The number of benzene rings is 1. The number of carboxylic acid groups (broad SMARTS) is 1. The van der Waals surface area contributed by atoms with Crippen molar-refractivity contribution in [2.45, 2.75) is 18.0 Å². The molecule has 0 aliphatic rings. The van der Waals surface area contributed by atoms with Gasteiger partial charge in [0.2, 0.25) is 0 Å². The summed E-state index contributed by atoms with van der Waals surface area (Å²) in [6, 6.07) is 12.6. The van der Waals surface area contributed by atoms with Crippen molar-refractivity contribution in [3.63, 3.8) is 0 Å². The molecule has 1 aromatic carbocycles. The van der Waals surface area contributed by atoms with E-state index in [9.17, 15) is 9.90 Å². The fourth-order valence-corrected chi connectivity index (χ4v) is 2.57. The van der Waals surface area contributed by atoms with Crippen LogP contribution in [0.5, 0.6) is 0 Å². The third kappa shape index (κ3) is 3.99. The molecule has 5 heteroatoms. The van der Waals surface area contributed by atoms with Crippen LogP contribution in [0.15, 0.2) is 53.7 Å². The highest BCUT2D eigenvalue weighted by Gasteiger charge is 2.18. The molecule has 2 aromatic rings. The Balaban J connectivity index is 2.01. The Morgan fingerprint density at radius 3 is 2.70 bits per heavy atom. The largest absolute Gasteiger partial charge is 0.480 e. The third-order valence-electron chi connectivity index (χ3n) is 2.81. The molecule has 1 heterocycles. The predicted octanol–water partition coefficient (Wildman–Crippen LogP) is 3.05. The highest BCUT2D eigenvalue weighted by atomic mass is 32.2. The number of nitrogens with one attached hydrogen (secondary N) is 1. The number of hydrogen-bond acceptors (Lipinski definition) is 4. The lowest BCUT2D eigenvalue weighted by Crippen LogP contribution is -2.32. The van der Waals surface area contributed by atoms with Crippen molar-refractivity contribution in [1.29, 1.82) is 0 Å². The maximum Gasteiger partial charge on any atom is 0.326 e. The molecular weight excluding hydrogens is 272 g/mol. The van der Waals surface area contributed by atoms with Crippen LogP contribution in [0.25, 0.3) is 0 Å². The Hall–Kier alpha value is -2.01. The molecule has 1 aromatic heterocycles. The summed E-state index contributed by atoms with van der Waals surface area (Å²) in [5.74, 6) is -0.447. The summed E-state index contributed by atoms with van der Waals surface area (Å²) in [6.45, 7) is 1.95. The minimum atomic E-state index is -0.864. The van der Waals surface area contributed by atoms with Gasteiger partial charge in [0.25, 0.3) is 0 Å². The molecular formula is C15H16N2O2S. The van der Waals surface area contributed by atoms with E-state index in [0.717, 1.165) is 16.3 Å². The first-order valence-electron chi connectivity index (χ1n) is 6.25. The molecule has 0 bridgehead atoms. The van der Waals surface area contributed by atoms with Gasteiger partial charge >= 0.3 is 5.97 Å². The molecule has 20 heavy (non-hydrogen) atoms. The van der Waals surface area contributed by atoms with Crippen molar-refractivity contribution in [1.82, 2.24) is 4.98 Å². The molecule has 0 fully saturated rings. The standard InChI is InChI=1S/C15H16N2O2S/c1-11-6-2-3-7-12(11)17-13(15(18)19)10-20-14-8-4-5-9-16-14/h2-9,13,17H,10H2,1H3,(H,18,19)/t13-/m0/s1. The van der Waals surface area contributed by atoms with Gasteiger partial charge in [0.15, 0.2) is 0 Å². The topological polar surface area (TPSA) is 62.2 Å². The van der Waals surface area contributed by atoms with Gasteiger partial charge in [0, 0.05) is 17.6 Å². The zero-order chi connectivity index (χ0) is 14.4. The SMILES string of the molecule is Cc1ccccc1N[C@@H](CSc1ccccn1)C(=O)O. The molecule has 1 atom stereocenters. The average Bonchev–Trinajstić information content (AvgIpc) is 2.46. The van der Waals surface area contributed by atoms with Crippen molar-refractivity contribution in [2.75, 3.05) is 11.1 Å². The number of aromatic nitrogens is 1. The number of thioether (sulfide) groups is 1. The van der Waals surface area contributed by atoms with Crippen LogP contribution in [-0.4, -0.2) is 27.9 Å². The molecule has 0 aliphatic heterocycles. The lowest BCUT2D eigenvalue weighted by molar-refractivity contribution is -0.137. The summed E-state index contributed by atoms with van der Waals surface area (Å²) in [5.41, 5.74) is 1.88. The van der Waals surface area contributed by atoms with Crippen LogP contribution in [-0.2, 0) is 4.79 Å². The molecule has 0 spiro atoms. The normalized spacial score (nSPS) is 11.8. The molecule has 0 aliphatic carbocycles. The quantitative estimate of drug-likeness (QED) is 0.800.